The highest BCUT2D eigenvalue weighted by Gasteiger charge is 2.26. The molecule has 1 aliphatic heterocycles. The monoisotopic (exact) mass is 478 g/mol. The molecule has 2 N–H and O–H groups in total. The van der Waals surface area contributed by atoms with Crippen molar-refractivity contribution in [3.63, 3.8) is 0 Å². The van der Waals surface area contributed by atoms with Crippen molar-refractivity contribution in [3.05, 3.63) is 30.6 Å². The van der Waals surface area contributed by atoms with E-state index >= 15 is 0 Å². The zero-order valence-corrected chi connectivity index (χ0v) is 21.2. The molecule has 1 aliphatic carbocycles. The van der Waals surface area contributed by atoms with E-state index in [-0.39, 0.29) is 6.10 Å². The summed E-state index contributed by atoms with van der Waals surface area (Å²) in [6, 6.07) is 6.76. The third-order valence-corrected chi connectivity index (χ3v) is 7.45. The Balaban J connectivity index is 1.26. The van der Waals surface area contributed by atoms with Gasteiger partial charge in [0.2, 0.25) is 11.9 Å². The molecular formula is C26H38N8O. The highest BCUT2D eigenvalue weighted by molar-refractivity contribution is 5.84. The molecule has 2 aromatic heterocycles. The fraction of sp³-hybridized carbons (Fsp3) is 0.577. The molecule has 5 rings (SSSR count). The molecule has 0 bridgehead atoms. The molecule has 0 spiro atoms. The standard InChI is InChI=1S/C26H38N8O/c1-4-33(5-2)20-9-11-21(12-10-20)35-22-8-6-7-19-17-27-25(31-24(19)22)29-23-18-28-26(30-23)34-15-13-32(3)14-16-34/h6-8,17-18,20-21H,4-5,9-16H2,1-3H3,(H,28,30)(H,27,29,31). The van der Waals surface area contributed by atoms with Crippen molar-refractivity contribution >= 4 is 28.6 Å². The van der Waals surface area contributed by atoms with Crippen LogP contribution in [0.2, 0.25) is 0 Å². The molecule has 0 amide bonds. The topological polar surface area (TPSA) is 85.4 Å². The summed E-state index contributed by atoms with van der Waals surface area (Å²) in [5.74, 6) is 3.03. The molecule has 0 radical (unpaired) electrons. The maximum absolute atomic E-state index is 6.49. The number of piperazine rings is 1. The van der Waals surface area contributed by atoms with Crippen molar-refractivity contribution in [2.24, 2.45) is 0 Å². The third kappa shape index (κ3) is 5.51. The first-order valence-corrected chi connectivity index (χ1v) is 13.0. The average molecular weight is 479 g/mol. The molecule has 1 saturated heterocycles. The minimum atomic E-state index is 0.234. The number of benzene rings is 1. The molecule has 3 heterocycles. The Morgan fingerprint density at radius 3 is 2.54 bits per heavy atom. The molecule has 2 aliphatic rings. The van der Waals surface area contributed by atoms with Crippen molar-refractivity contribution in [2.75, 3.05) is 56.5 Å². The molecule has 3 aromatic rings. The van der Waals surface area contributed by atoms with Crippen LogP contribution in [-0.4, -0.2) is 88.2 Å². The molecule has 1 aromatic carbocycles. The van der Waals surface area contributed by atoms with Gasteiger partial charge in [-0.15, -0.1) is 0 Å². The van der Waals surface area contributed by atoms with Crippen LogP contribution in [0.1, 0.15) is 39.5 Å². The number of H-pyrrole nitrogens is 1. The number of hydrogen-bond donors (Lipinski definition) is 2. The van der Waals surface area contributed by atoms with Crippen LogP contribution >= 0.6 is 0 Å². The normalized spacial score (nSPS) is 21.5. The Kier molecular flexibility index (Phi) is 7.34. The number of aromatic nitrogens is 4. The first kappa shape index (κ1) is 23.8. The highest BCUT2D eigenvalue weighted by Crippen LogP contribution is 2.31. The van der Waals surface area contributed by atoms with Gasteiger partial charge in [0, 0.05) is 43.8 Å². The number of para-hydroxylation sites is 1. The second-order valence-electron chi connectivity index (χ2n) is 9.69. The number of ether oxygens (including phenoxy) is 1. The SMILES string of the molecule is CCN(CC)C1CCC(Oc2cccc3cnc(Nc4cnc(N5CCN(C)CC5)[nH]4)nc23)CC1. The predicted octanol–water partition coefficient (Wildman–Crippen LogP) is 3.88. The molecular weight excluding hydrogens is 440 g/mol. The molecule has 2 fully saturated rings. The van der Waals surface area contributed by atoms with Crippen LogP contribution in [0.5, 0.6) is 5.75 Å². The van der Waals surface area contributed by atoms with Gasteiger partial charge >= 0.3 is 0 Å². The molecule has 9 nitrogen and oxygen atoms in total. The van der Waals surface area contributed by atoms with Gasteiger partial charge in [0.25, 0.3) is 0 Å². The zero-order chi connectivity index (χ0) is 24.2. The third-order valence-electron chi connectivity index (χ3n) is 7.45. The number of anilines is 3. The van der Waals surface area contributed by atoms with Crippen molar-refractivity contribution in [1.29, 1.82) is 0 Å². The largest absolute Gasteiger partial charge is 0.488 e. The summed E-state index contributed by atoms with van der Waals surface area (Å²) in [7, 11) is 2.15. The summed E-state index contributed by atoms with van der Waals surface area (Å²) >= 11 is 0. The van der Waals surface area contributed by atoms with Gasteiger partial charge in [-0.2, -0.15) is 0 Å². The molecule has 0 unspecified atom stereocenters. The van der Waals surface area contributed by atoms with E-state index in [0.29, 0.717) is 12.0 Å². The maximum Gasteiger partial charge on any atom is 0.229 e. The first-order chi connectivity index (χ1) is 17.1. The predicted molar refractivity (Wildman–Crippen MR) is 141 cm³/mol. The van der Waals surface area contributed by atoms with E-state index in [2.05, 4.69) is 55.9 Å². The molecule has 0 atom stereocenters. The molecule has 1 saturated carbocycles. The number of nitrogens with one attached hydrogen (secondary N) is 2. The number of hydrogen-bond acceptors (Lipinski definition) is 8. The molecule has 35 heavy (non-hydrogen) atoms. The van der Waals surface area contributed by atoms with E-state index in [9.17, 15) is 0 Å². The van der Waals surface area contributed by atoms with Crippen molar-refractivity contribution in [1.82, 2.24) is 29.7 Å². The van der Waals surface area contributed by atoms with Gasteiger partial charge < -0.3 is 29.7 Å². The van der Waals surface area contributed by atoms with Gasteiger partial charge in [-0.3, -0.25) is 0 Å². The smallest absolute Gasteiger partial charge is 0.229 e. The molecule has 188 valence electrons. The van der Waals surface area contributed by atoms with Crippen LogP contribution in [0.25, 0.3) is 10.9 Å². The van der Waals surface area contributed by atoms with E-state index in [4.69, 9.17) is 9.72 Å². The van der Waals surface area contributed by atoms with Crippen LogP contribution in [-0.2, 0) is 0 Å². The van der Waals surface area contributed by atoms with E-state index < -0.39 is 0 Å². The second kappa shape index (κ2) is 10.8. The van der Waals surface area contributed by atoms with Gasteiger partial charge in [-0.05, 0) is 51.9 Å². The lowest BCUT2D eigenvalue weighted by molar-refractivity contribution is 0.0942. The number of fused-ring (bicyclic) bond motifs is 1. The van der Waals surface area contributed by atoms with E-state index in [1.54, 1.807) is 6.20 Å². The van der Waals surface area contributed by atoms with Crippen molar-refractivity contribution in [2.45, 2.75) is 51.7 Å². The van der Waals surface area contributed by atoms with Gasteiger partial charge in [-0.1, -0.05) is 26.0 Å². The highest BCUT2D eigenvalue weighted by atomic mass is 16.5. The van der Waals surface area contributed by atoms with Crippen LogP contribution < -0.4 is 15.0 Å². The molecule has 9 heteroatoms. The quantitative estimate of drug-likeness (QED) is 0.505. The zero-order valence-electron chi connectivity index (χ0n) is 21.2. The lowest BCUT2D eigenvalue weighted by Gasteiger charge is -2.35. The number of likely N-dealkylation sites (N-methyl/N-ethyl adjacent to an activating group) is 1. The first-order valence-electron chi connectivity index (χ1n) is 13.0. The van der Waals surface area contributed by atoms with Crippen LogP contribution in [0.15, 0.2) is 30.6 Å². The summed E-state index contributed by atoms with van der Waals surface area (Å²) in [6.45, 7) is 10.8. The lowest BCUT2D eigenvalue weighted by Crippen LogP contribution is -2.44. The Hall–Kier alpha value is -2.91. The van der Waals surface area contributed by atoms with Gasteiger partial charge in [0.05, 0.1) is 12.3 Å². The Morgan fingerprint density at radius 1 is 1.03 bits per heavy atom. The summed E-state index contributed by atoms with van der Waals surface area (Å²) in [5.41, 5.74) is 0.842. The van der Waals surface area contributed by atoms with Gasteiger partial charge in [0.1, 0.15) is 17.1 Å². The van der Waals surface area contributed by atoms with Crippen molar-refractivity contribution < 1.29 is 4.74 Å². The summed E-state index contributed by atoms with van der Waals surface area (Å²) < 4.78 is 6.49. The fourth-order valence-electron chi connectivity index (χ4n) is 5.31. The fourth-order valence-corrected chi connectivity index (χ4v) is 5.31. The van der Waals surface area contributed by atoms with E-state index in [0.717, 1.165) is 80.5 Å². The summed E-state index contributed by atoms with van der Waals surface area (Å²) in [5, 5.41) is 4.27. The number of aromatic amines is 1. The van der Waals surface area contributed by atoms with E-state index in [1.807, 2.05) is 24.4 Å². The maximum atomic E-state index is 6.49. The summed E-state index contributed by atoms with van der Waals surface area (Å²) in [6.07, 6.45) is 8.43. The number of imidazole rings is 1. The number of rotatable bonds is 8. The average Bonchev–Trinajstić information content (AvgIpc) is 3.35. The minimum Gasteiger partial charge on any atom is -0.488 e. The Bertz CT molecular complexity index is 1100. The second-order valence-corrected chi connectivity index (χ2v) is 9.69. The lowest BCUT2D eigenvalue weighted by atomic mass is 9.91. The number of nitrogens with zero attached hydrogens (tertiary/aromatic N) is 6. The van der Waals surface area contributed by atoms with Crippen LogP contribution in [0.4, 0.5) is 17.7 Å². The van der Waals surface area contributed by atoms with Gasteiger partial charge in [-0.25, -0.2) is 15.0 Å². The van der Waals surface area contributed by atoms with Crippen LogP contribution in [0.3, 0.4) is 0 Å². The summed E-state index contributed by atoms with van der Waals surface area (Å²) in [4.78, 5) is 24.4. The van der Waals surface area contributed by atoms with E-state index in [1.165, 1.54) is 12.8 Å². The van der Waals surface area contributed by atoms with Gasteiger partial charge in [0.15, 0.2) is 0 Å². The van der Waals surface area contributed by atoms with Crippen LogP contribution in [0, 0.1) is 0 Å². The van der Waals surface area contributed by atoms with Crippen molar-refractivity contribution in [3.8, 4) is 5.75 Å². The minimum absolute atomic E-state index is 0.234. The Morgan fingerprint density at radius 2 is 1.80 bits per heavy atom. The Labute approximate surface area is 207 Å².